The molecule has 0 aliphatic carbocycles. The molecular formula is C19H21N5O8S2. The highest BCUT2D eigenvalue weighted by molar-refractivity contribution is 8.00. The average molecular weight is 512 g/mol. The number of carboxylic acid groups (broad SMARTS) is 1. The van der Waals surface area contributed by atoms with Gasteiger partial charge < -0.3 is 25.3 Å². The van der Waals surface area contributed by atoms with Crippen LogP contribution in [0.4, 0.5) is 5.13 Å². The maximum Gasteiger partial charge on any atom is 0.352 e. The number of thiazole rings is 1. The summed E-state index contributed by atoms with van der Waals surface area (Å²) in [6.45, 7) is 2.63. The standard InChI is InChI=1S/C19H21N5O8S2/c1-4-11(26)21-19-20-10(7-34-19)12(23-31-3)15(27)22-13-16(28)24-14(18(29)30)9(5-32-8(2)25)6-33-17(13)24/h7,13,17H,4-6H2,1-3H3,(H,22,27)(H,29,30)(H,20,21,26)/t13-,17-/m1/s1. The van der Waals surface area contributed by atoms with Gasteiger partial charge in [0.15, 0.2) is 10.8 Å². The van der Waals surface area contributed by atoms with Gasteiger partial charge >= 0.3 is 11.9 Å². The third-order valence-corrected chi connectivity index (χ3v) is 6.80. The Hall–Kier alpha value is -3.46. The van der Waals surface area contributed by atoms with Crippen molar-refractivity contribution >= 4 is 63.6 Å². The summed E-state index contributed by atoms with van der Waals surface area (Å²) in [4.78, 5) is 70.1. The van der Waals surface area contributed by atoms with Crippen molar-refractivity contribution in [3.8, 4) is 0 Å². The van der Waals surface area contributed by atoms with E-state index in [4.69, 9.17) is 9.57 Å². The summed E-state index contributed by atoms with van der Waals surface area (Å²) < 4.78 is 4.89. The molecule has 0 radical (unpaired) electrons. The van der Waals surface area contributed by atoms with Crippen molar-refractivity contribution in [2.24, 2.45) is 5.16 Å². The molecular weight excluding hydrogens is 490 g/mol. The molecule has 1 aromatic rings. The highest BCUT2D eigenvalue weighted by atomic mass is 32.2. The lowest BCUT2D eigenvalue weighted by Crippen LogP contribution is -2.71. The normalized spacial score (nSPS) is 19.7. The molecule has 2 aliphatic rings. The number of oxime groups is 1. The van der Waals surface area contributed by atoms with Crippen LogP contribution in [0, 0.1) is 0 Å². The number of thioether (sulfide) groups is 1. The summed E-state index contributed by atoms with van der Waals surface area (Å²) >= 11 is 2.31. The molecule has 0 spiro atoms. The first kappa shape index (κ1) is 25.2. The molecule has 0 bridgehead atoms. The quantitative estimate of drug-likeness (QED) is 0.179. The number of fused-ring (bicyclic) bond motifs is 1. The number of aliphatic carboxylic acids is 1. The minimum absolute atomic E-state index is 0.130. The molecule has 1 saturated heterocycles. The largest absolute Gasteiger partial charge is 0.477 e. The Morgan fingerprint density at radius 1 is 1.35 bits per heavy atom. The number of carbonyl (C=O) groups excluding carboxylic acids is 4. The van der Waals surface area contributed by atoms with Gasteiger partial charge in [0.25, 0.3) is 11.8 Å². The summed E-state index contributed by atoms with van der Waals surface area (Å²) in [5.41, 5.74) is -0.0623. The summed E-state index contributed by atoms with van der Waals surface area (Å²) in [5.74, 6) is -3.35. The van der Waals surface area contributed by atoms with Gasteiger partial charge in [-0.15, -0.1) is 23.1 Å². The molecule has 3 amide bonds. The molecule has 13 nitrogen and oxygen atoms in total. The van der Waals surface area contributed by atoms with Gasteiger partial charge in [0.1, 0.15) is 36.5 Å². The van der Waals surface area contributed by atoms with Crippen LogP contribution in [0.15, 0.2) is 21.8 Å². The van der Waals surface area contributed by atoms with Crippen LogP contribution < -0.4 is 10.6 Å². The number of aromatic nitrogens is 1. The number of carbonyl (C=O) groups is 5. The maximum absolute atomic E-state index is 12.9. The van der Waals surface area contributed by atoms with Crippen LogP contribution in [0.1, 0.15) is 26.0 Å². The van der Waals surface area contributed by atoms with Gasteiger partial charge in [0.05, 0.1) is 0 Å². The van der Waals surface area contributed by atoms with E-state index in [1.165, 1.54) is 31.2 Å². The molecule has 2 atom stereocenters. The van der Waals surface area contributed by atoms with E-state index in [0.29, 0.717) is 0 Å². The first-order chi connectivity index (χ1) is 16.2. The Labute approximate surface area is 201 Å². The van der Waals surface area contributed by atoms with Crippen molar-refractivity contribution in [1.82, 2.24) is 15.2 Å². The predicted molar refractivity (Wildman–Crippen MR) is 121 cm³/mol. The van der Waals surface area contributed by atoms with Gasteiger partial charge in [-0.25, -0.2) is 9.78 Å². The van der Waals surface area contributed by atoms with E-state index >= 15 is 0 Å². The fourth-order valence-electron chi connectivity index (χ4n) is 3.14. The maximum atomic E-state index is 12.9. The van der Waals surface area contributed by atoms with E-state index in [2.05, 4.69) is 20.8 Å². The first-order valence-corrected chi connectivity index (χ1v) is 11.8. The minimum Gasteiger partial charge on any atom is -0.477 e. The Bertz CT molecular complexity index is 1100. The number of hydrogen-bond acceptors (Lipinski definition) is 11. The SMILES string of the molecule is CCC(=O)Nc1nc(C(=NOC)C(=O)N[C@@H]2C(=O)N3C(C(=O)O)=C(COC(C)=O)CS[C@H]23)cs1. The number of nitrogens with one attached hydrogen (secondary N) is 2. The molecule has 1 aromatic heterocycles. The van der Waals surface area contributed by atoms with Crippen LogP contribution in [-0.4, -0.2) is 81.2 Å². The fourth-order valence-corrected chi connectivity index (χ4v) is 5.17. The Kier molecular flexibility index (Phi) is 7.88. The Morgan fingerprint density at radius 2 is 2.09 bits per heavy atom. The summed E-state index contributed by atoms with van der Waals surface area (Å²) in [5, 5.41) is 19.5. The van der Waals surface area contributed by atoms with Gasteiger partial charge in [-0.3, -0.25) is 24.1 Å². The zero-order valence-electron chi connectivity index (χ0n) is 18.3. The lowest BCUT2D eigenvalue weighted by Gasteiger charge is -2.49. The Balaban J connectivity index is 1.75. The van der Waals surface area contributed by atoms with Crippen LogP contribution in [0.25, 0.3) is 0 Å². The molecule has 3 heterocycles. The molecule has 15 heteroatoms. The second-order valence-corrected chi connectivity index (χ2v) is 8.92. The second kappa shape index (κ2) is 10.6. The van der Waals surface area contributed by atoms with Gasteiger partial charge in [0, 0.05) is 30.1 Å². The third kappa shape index (κ3) is 5.20. The Morgan fingerprint density at radius 3 is 2.71 bits per heavy atom. The van der Waals surface area contributed by atoms with Crippen LogP contribution >= 0.6 is 23.1 Å². The van der Waals surface area contributed by atoms with Gasteiger partial charge in [-0.2, -0.15) is 0 Å². The van der Waals surface area contributed by atoms with E-state index in [1.54, 1.807) is 6.92 Å². The van der Waals surface area contributed by atoms with E-state index < -0.39 is 35.2 Å². The molecule has 0 saturated carbocycles. The molecule has 0 aromatic carbocycles. The second-order valence-electron chi connectivity index (χ2n) is 6.96. The lowest BCUT2D eigenvalue weighted by molar-refractivity contribution is -0.150. The van der Waals surface area contributed by atoms with Crippen molar-refractivity contribution in [2.75, 3.05) is 24.8 Å². The molecule has 1 fully saturated rings. The van der Waals surface area contributed by atoms with Crippen LogP contribution in [-0.2, 0) is 33.5 Å². The molecule has 182 valence electrons. The first-order valence-electron chi connectivity index (χ1n) is 9.89. The van der Waals surface area contributed by atoms with Crippen molar-refractivity contribution in [1.29, 1.82) is 0 Å². The number of nitrogens with zero attached hydrogens (tertiary/aromatic N) is 3. The molecule has 3 N–H and O–H groups in total. The topological polar surface area (TPSA) is 177 Å². The monoisotopic (exact) mass is 511 g/mol. The van der Waals surface area contributed by atoms with Crippen LogP contribution in [0.5, 0.6) is 0 Å². The van der Waals surface area contributed by atoms with Crippen molar-refractivity contribution in [2.45, 2.75) is 31.7 Å². The predicted octanol–water partition coefficient (Wildman–Crippen LogP) is 0.144. The number of carboxylic acids is 1. The van der Waals surface area contributed by atoms with E-state index in [-0.39, 0.29) is 52.5 Å². The number of hydrogen-bond donors (Lipinski definition) is 3. The zero-order chi connectivity index (χ0) is 25.0. The number of ether oxygens (including phenoxy) is 1. The number of esters is 1. The molecule has 0 unspecified atom stereocenters. The summed E-state index contributed by atoms with van der Waals surface area (Å²) in [6, 6.07) is -1.01. The lowest BCUT2D eigenvalue weighted by atomic mass is 10.0. The third-order valence-electron chi connectivity index (χ3n) is 4.70. The van der Waals surface area contributed by atoms with E-state index in [0.717, 1.165) is 16.2 Å². The van der Waals surface area contributed by atoms with Crippen LogP contribution in [0.2, 0.25) is 0 Å². The van der Waals surface area contributed by atoms with Gasteiger partial charge in [-0.05, 0) is 0 Å². The zero-order valence-corrected chi connectivity index (χ0v) is 19.9. The number of anilines is 1. The number of β-lactam (4-membered cyclic amide) rings is 1. The molecule has 3 rings (SSSR count). The summed E-state index contributed by atoms with van der Waals surface area (Å²) in [6.07, 6.45) is 0.253. The highest BCUT2D eigenvalue weighted by Gasteiger charge is 2.54. The fraction of sp³-hybridized carbons (Fsp3) is 0.421. The molecule has 34 heavy (non-hydrogen) atoms. The number of amides is 3. The average Bonchev–Trinajstić information content (AvgIpc) is 3.26. The van der Waals surface area contributed by atoms with Crippen LogP contribution in [0.3, 0.4) is 0 Å². The minimum atomic E-state index is -1.34. The van der Waals surface area contributed by atoms with Gasteiger partial charge in [0.2, 0.25) is 5.91 Å². The number of rotatable bonds is 9. The van der Waals surface area contributed by atoms with Crippen molar-refractivity contribution in [3.05, 3.63) is 22.3 Å². The van der Waals surface area contributed by atoms with Gasteiger partial charge in [-0.1, -0.05) is 12.1 Å². The summed E-state index contributed by atoms with van der Waals surface area (Å²) in [7, 11) is 1.24. The smallest absolute Gasteiger partial charge is 0.352 e. The molecule has 2 aliphatic heterocycles. The van der Waals surface area contributed by atoms with Crippen molar-refractivity contribution in [3.63, 3.8) is 0 Å². The highest BCUT2D eigenvalue weighted by Crippen LogP contribution is 2.40. The van der Waals surface area contributed by atoms with Crippen molar-refractivity contribution < 1.29 is 38.7 Å². The van der Waals surface area contributed by atoms with E-state index in [1.807, 2.05) is 0 Å². The van der Waals surface area contributed by atoms with E-state index in [9.17, 15) is 29.1 Å².